The first kappa shape index (κ1) is 52.9. The molecule has 0 amide bonds. The van der Waals surface area contributed by atoms with Crippen LogP contribution in [0.2, 0.25) is 0 Å². The second-order valence-corrected chi connectivity index (χ2v) is 21.2. The number of rotatable bonds is 13. The van der Waals surface area contributed by atoms with Crippen molar-refractivity contribution in [1.29, 1.82) is 0 Å². The highest BCUT2D eigenvalue weighted by molar-refractivity contribution is 5.87. The second-order valence-electron chi connectivity index (χ2n) is 21.2. The molecule has 4 aliphatic carbocycles. The van der Waals surface area contributed by atoms with E-state index in [0.29, 0.717) is 44.1 Å². The van der Waals surface area contributed by atoms with E-state index in [2.05, 4.69) is 6.92 Å². The Balaban J connectivity index is 0.989. The summed E-state index contributed by atoms with van der Waals surface area (Å²) >= 11 is 0. The van der Waals surface area contributed by atoms with Crippen LogP contribution in [0.5, 0.6) is 0 Å². The van der Waals surface area contributed by atoms with Crippen molar-refractivity contribution >= 4 is 11.9 Å². The van der Waals surface area contributed by atoms with Gasteiger partial charge in [0.1, 0.15) is 53.9 Å². The quantitative estimate of drug-likeness (QED) is 0.101. The van der Waals surface area contributed by atoms with Gasteiger partial charge in [0.15, 0.2) is 18.9 Å². The van der Waals surface area contributed by atoms with E-state index in [1.54, 1.807) is 54.9 Å². The number of aliphatic hydroxyl groups is 5. The normalized spacial score (nSPS) is 50.6. The summed E-state index contributed by atoms with van der Waals surface area (Å²) in [6.07, 6.45) is -5.90. The van der Waals surface area contributed by atoms with Crippen molar-refractivity contribution in [1.82, 2.24) is 0 Å². The lowest BCUT2D eigenvalue weighted by Gasteiger charge is -2.69. The van der Waals surface area contributed by atoms with E-state index in [1.807, 2.05) is 13.8 Å². The average Bonchev–Trinajstić information content (AvgIpc) is 3.51. The lowest BCUT2D eigenvalue weighted by molar-refractivity contribution is -0.353. The lowest BCUT2D eigenvalue weighted by Crippen LogP contribution is -2.79. The number of esters is 2. The standard InChI is InChI=1S/C49H80O18/c1-13-24(2)43(53)63-28(6)47(54)18-19-49(56)46(47,9)35(64-29(7)50)23-34-45(8)16-15-31(20-30(45)14-17-48(34,49)55)65-36-21-32(57-10)40(26(4)60-36)66-37-22-33(58-11)41(27(5)61-37)67-44-39(52)42(59-12)38(51)25(3)62-44/h13,25-28,30-42,44,51-52,54-56H,14-23H2,1-12H3/b24-13+/t25-,26-,27-,28+,30?,31+,32+,33+,34-,35-,36+,37+,38-,39-,40-,41-,42+,44+,45+,46-,47-,48+,49-/m1/s1. The topological polar surface area (TPSA) is 237 Å². The van der Waals surface area contributed by atoms with E-state index in [1.165, 1.54) is 14.0 Å². The molecule has 7 rings (SSSR count). The molecular weight excluding hydrogens is 877 g/mol. The Hall–Kier alpha value is -1.88. The molecule has 18 nitrogen and oxygen atoms in total. The molecule has 1 unspecified atom stereocenters. The fourth-order valence-electron chi connectivity index (χ4n) is 13.8. The Bertz CT molecular complexity index is 1780. The van der Waals surface area contributed by atoms with Crippen LogP contribution in [0.25, 0.3) is 0 Å². The summed E-state index contributed by atoms with van der Waals surface area (Å²) in [7, 11) is 4.62. The molecule has 0 radical (unpaired) electrons. The molecule has 0 aromatic rings. The van der Waals surface area contributed by atoms with Crippen LogP contribution < -0.4 is 0 Å². The molecule has 3 aliphatic heterocycles. The van der Waals surface area contributed by atoms with Crippen molar-refractivity contribution < 1.29 is 87.2 Å². The summed E-state index contributed by atoms with van der Waals surface area (Å²) in [5.41, 5.74) is -7.00. The molecule has 0 spiro atoms. The average molecular weight is 957 g/mol. The molecule has 3 heterocycles. The Labute approximate surface area is 395 Å². The number of hydrogen-bond donors (Lipinski definition) is 5. The van der Waals surface area contributed by atoms with Crippen LogP contribution in [0.1, 0.15) is 127 Å². The summed E-state index contributed by atoms with van der Waals surface area (Å²) in [5, 5.41) is 60.0. The van der Waals surface area contributed by atoms with Crippen LogP contribution >= 0.6 is 0 Å². The molecule has 0 aromatic carbocycles. The van der Waals surface area contributed by atoms with Crippen molar-refractivity contribution in [2.45, 2.75) is 242 Å². The maximum Gasteiger partial charge on any atom is 0.333 e. The molecule has 0 aromatic heterocycles. The number of aliphatic hydroxyl groups excluding tert-OH is 2. The van der Waals surface area contributed by atoms with Gasteiger partial charge in [-0.05, 0) is 110 Å². The first-order chi connectivity index (χ1) is 31.5. The third-order valence-electron chi connectivity index (χ3n) is 18.0. The number of carbonyl (C=O) groups is 2. The summed E-state index contributed by atoms with van der Waals surface area (Å²) < 4.78 is 67.3. The molecule has 7 fully saturated rings. The molecule has 7 aliphatic rings. The van der Waals surface area contributed by atoms with Crippen LogP contribution in [-0.4, -0.2) is 174 Å². The first-order valence-electron chi connectivity index (χ1n) is 24.5. The zero-order valence-electron chi connectivity index (χ0n) is 41.6. The van der Waals surface area contributed by atoms with Crippen molar-refractivity contribution in [2.24, 2.45) is 22.7 Å². The van der Waals surface area contributed by atoms with Gasteiger partial charge in [-0.15, -0.1) is 0 Å². The predicted octanol–water partition coefficient (Wildman–Crippen LogP) is 3.37. The van der Waals surface area contributed by atoms with Gasteiger partial charge < -0.3 is 77.6 Å². The Morgan fingerprint density at radius 1 is 0.716 bits per heavy atom. The number of carbonyl (C=O) groups excluding carboxylic acids is 2. The molecule has 0 bridgehead atoms. The molecule has 5 N–H and O–H groups in total. The fraction of sp³-hybridized carbons (Fsp3) is 0.918. The third kappa shape index (κ3) is 8.97. The van der Waals surface area contributed by atoms with E-state index < -0.39 is 138 Å². The zero-order chi connectivity index (χ0) is 49.2. The molecule has 4 saturated carbocycles. The summed E-state index contributed by atoms with van der Waals surface area (Å²) in [5.74, 6) is -1.54. The Kier molecular flexibility index (Phi) is 15.8. The van der Waals surface area contributed by atoms with Gasteiger partial charge in [0.25, 0.3) is 0 Å². The van der Waals surface area contributed by atoms with Gasteiger partial charge in [0.2, 0.25) is 0 Å². The van der Waals surface area contributed by atoms with Crippen molar-refractivity contribution in [3.05, 3.63) is 11.6 Å². The molecule has 18 heteroatoms. The van der Waals surface area contributed by atoms with Gasteiger partial charge in [-0.2, -0.15) is 0 Å². The third-order valence-corrected chi connectivity index (χ3v) is 18.0. The highest BCUT2D eigenvalue weighted by Gasteiger charge is 2.82. The van der Waals surface area contributed by atoms with Crippen LogP contribution in [0.15, 0.2) is 11.6 Å². The summed E-state index contributed by atoms with van der Waals surface area (Å²) in [4.78, 5) is 25.7. The largest absolute Gasteiger partial charge is 0.462 e. The predicted molar refractivity (Wildman–Crippen MR) is 237 cm³/mol. The summed E-state index contributed by atoms with van der Waals surface area (Å²) in [6.45, 7) is 15.5. The highest BCUT2D eigenvalue weighted by Crippen LogP contribution is 2.72. The van der Waals surface area contributed by atoms with Crippen molar-refractivity contribution in [3.8, 4) is 0 Å². The van der Waals surface area contributed by atoms with Crippen LogP contribution in [0, 0.1) is 22.7 Å². The van der Waals surface area contributed by atoms with Gasteiger partial charge in [-0.1, -0.05) is 19.9 Å². The molecule has 3 saturated heterocycles. The fourth-order valence-corrected chi connectivity index (χ4v) is 13.8. The van der Waals surface area contributed by atoms with Crippen LogP contribution in [0.4, 0.5) is 0 Å². The van der Waals surface area contributed by atoms with Crippen molar-refractivity contribution in [2.75, 3.05) is 21.3 Å². The van der Waals surface area contributed by atoms with Gasteiger partial charge in [0.05, 0.1) is 47.6 Å². The van der Waals surface area contributed by atoms with Crippen LogP contribution in [0.3, 0.4) is 0 Å². The minimum Gasteiger partial charge on any atom is -0.462 e. The minimum atomic E-state index is -1.87. The number of allylic oxidation sites excluding steroid dienone is 1. The second kappa shape index (κ2) is 20.0. The van der Waals surface area contributed by atoms with E-state index in [-0.39, 0.29) is 37.7 Å². The van der Waals surface area contributed by atoms with E-state index in [4.69, 9.17) is 52.1 Å². The van der Waals surface area contributed by atoms with E-state index in [0.717, 1.165) is 0 Å². The molecule has 23 atom stereocenters. The lowest BCUT2D eigenvalue weighted by atomic mass is 9.40. The number of hydrogen-bond acceptors (Lipinski definition) is 18. The monoisotopic (exact) mass is 957 g/mol. The molecule has 67 heavy (non-hydrogen) atoms. The number of methoxy groups -OCH3 is 3. The van der Waals surface area contributed by atoms with Crippen LogP contribution in [-0.2, 0) is 61.7 Å². The summed E-state index contributed by atoms with van der Waals surface area (Å²) in [6, 6.07) is 0. The van der Waals surface area contributed by atoms with Gasteiger partial charge in [-0.25, -0.2) is 4.79 Å². The zero-order valence-corrected chi connectivity index (χ0v) is 41.6. The van der Waals surface area contributed by atoms with E-state index >= 15 is 0 Å². The molecular formula is C49H80O18. The molecule has 384 valence electrons. The maximum absolute atomic E-state index is 13.0. The number of ether oxygens (including phenoxy) is 11. The minimum absolute atomic E-state index is 0.0282. The van der Waals surface area contributed by atoms with Gasteiger partial charge in [0, 0.05) is 46.7 Å². The maximum atomic E-state index is 13.0. The number of fused-ring (bicyclic) bond motifs is 5. The van der Waals surface area contributed by atoms with Gasteiger partial charge >= 0.3 is 11.9 Å². The Morgan fingerprint density at radius 3 is 1.91 bits per heavy atom. The van der Waals surface area contributed by atoms with E-state index in [9.17, 15) is 35.1 Å². The smallest absolute Gasteiger partial charge is 0.333 e. The SMILES string of the molecule is C/C=C(\C)C(=O)O[C@@H](C)[C@]1(O)CC[C@@]2(O)[C@]1(C)[C@H](OC(C)=O)C[C@@H]1[C@@]3(C)CC[C@H](O[C@H]4C[C@H](OC)[C@H](O[C@H]5C[C@H](OC)[C@H](O[C@@H]6O[C@H](C)[C@@H](O)[C@H](OC)[C@H]6O)[C@@H](C)O5)[C@@H](C)O4)CC3CC[C@]12O. The van der Waals surface area contributed by atoms with Crippen molar-refractivity contribution in [3.63, 3.8) is 0 Å². The first-order valence-corrected chi connectivity index (χ1v) is 24.5. The van der Waals surface area contributed by atoms with Gasteiger partial charge in [-0.3, -0.25) is 4.79 Å². The Morgan fingerprint density at radius 2 is 1.33 bits per heavy atom. The highest BCUT2D eigenvalue weighted by atomic mass is 16.8.